The van der Waals surface area contributed by atoms with E-state index in [0.29, 0.717) is 0 Å². The van der Waals surface area contributed by atoms with Crippen LogP contribution in [0.5, 0.6) is 0 Å². The summed E-state index contributed by atoms with van der Waals surface area (Å²) in [6.07, 6.45) is 4.76. The van der Waals surface area contributed by atoms with Crippen molar-refractivity contribution in [3.63, 3.8) is 0 Å². The van der Waals surface area contributed by atoms with Gasteiger partial charge in [0.05, 0.1) is 0 Å². The maximum Gasteiger partial charge on any atom is 0.0498 e. The normalized spacial score (nSPS) is 15.6. The van der Waals surface area contributed by atoms with Crippen molar-refractivity contribution in [2.75, 3.05) is 6.66 Å². The van der Waals surface area contributed by atoms with Crippen LogP contribution in [0.25, 0.3) is 10.6 Å². The number of benzene rings is 3. The van der Waals surface area contributed by atoms with Crippen LogP contribution in [0.4, 0.5) is 0 Å². The Kier molecular flexibility index (Phi) is 4.63. The van der Waals surface area contributed by atoms with Crippen LogP contribution in [-0.4, -0.2) is 6.66 Å². The highest BCUT2D eigenvalue weighted by atomic mass is 31.1. The van der Waals surface area contributed by atoms with E-state index < -0.39 is 0 Å². The minimum absolute atomic E-state index is 0.387. The van der Waals surface area contributed by atoms with Crippen LogP contribution in [0.1, 0.15) is 16.7 Å². The van der Waals surface area contributed by atoms with E-state index in [4.69, 9.17) is 0 Å². The number of hydrogen-bond donors (Lipinski definition) is 0. The van der Waals surface area contributed by atoms with Crippen molar-refractivity contribution in [3.05, 3.63) is 126 Å². The smallest absolute Gasteiger partial charge is 0.0498 e. The van der Waals surface area contributed by atoms with Crippen LogP contribution < -0.4 is 0 Å². The molecule has 0 spiro atoms. The van der Waals surface area contributed by atoms with Gasteiger partial charge in [0.25, 0.3) is 0 Å². The van der Waals surface area contributed by atoms with Crippen molar-refractivity contribution in [1.29, 1.82) is 0 Å². The highest BCUT2D eigenvalue weighted by Crippen LogP contribution is 2.61. The van der Waals surface area contributed by atoms with Crippen LogP contribution >= 0.6 is 7.92 Å². The van der Waals surface area contributed by atoms with E-state index in [9.17, 15) is 0 Å². The third kappa shape index (κ3) is 3.36. The van der Waals surface area contributed by atoms with Crippen molar-refractivity contribution in [2.24, 2.45) is 0 Å². The topological polar surface area (TPSA) is 0 Å². The Labute approximate surface area is 151 Å². The highest BCUT2D eigenvalue weighted by molar-refractivity contribution is 7.77. The first-order chi connectivity index (χ1) is 12.3. The molecule has 3 aromatic rings. The van der Waals surface area contributed by atoms with Crippen LogP contribution in [0, 0.1) is 5.92 Å². The molecule has 0 aromatic heterocycles. The second-order valence-electron chi connectivity index (χ2n) is 6.17. The molecule has 0 amide bonds. The lowest BCUT2D eigenvalue weighted by atomic mass is 9.95. The molecular formula is C24H20P. The Balaban J connectivity index is 1.84. The van der Waals surface area contributed by atoms with Gasteiger partial charge in [-0.3, -0.25) is 0 Å². The van der Waals surface area contributed by atoms with Crippen molar-refractivity contribution < 1.29 is 0 Å². The molecule has 1 aliphatic heterocycles. The number of rotatable bonds is 3. The molecule has 0 atom stereocenters. The molecule has 0 bridgehead atoms. The first-order valence-electron chi connectivity index (χ1n) is 8.53. The van der Waals surface area contributed by atoms with Gasteiger partial charge in [-0.1, -0.05) is 103 Å². The lowest BCUT2D eigenvalue weighted by molar-refractivity contribution is 1.36. The van der Waals surface area contributed by atoms with Gasteiger partial charge in [-0.2, -0.15) is 0 Å². The summed E-state index contributed by atoms with van der Waals surface area (Å²) in [5, 5.41) is 2.88. The molecule has 1 heteroatoms. The van der Waals surface area contributed by atoms with Crippen LogP contribution in [0.15, 0.2) is 103 Å². The Bertz CT molecular complexity index is 835. The molecule has 3 aromatic carbocycles. The Morgan fingerprint density at radius 2 is 0.840 bits per heavy atom. The maximum atomic E-state index is 2.38. The van der Waals surface area contributed by atoms with Crippen LogP contribution in [0.2, 0.25) is 0 Å². The zero-order valence-electron chi connectivity index (χ0n) is 14.3. The Morgan fingerprint density at radius 3 is 1.24 bits per heavy atom. The summed E-state index contributed by atoms with van der Waals surface area (Å²) in [4.78, 5) is 0. The Hall–Kier alpha value is -2.43. The standard InChI is InChI=1S/C24H20P/c1-25-23(20-13-7-3-8-14-20)17-22(19-11-5-2-6-12-19)18-24(25)21-15-9-4-10-16-21/h2-18H,1H3. The fourth-order valence-electron chi connectivity index (χ4n) is 3.23. The molecule has 1 heterocycles. The van der Waals surface area contributed by atoms with Gasteiger partial charge < -0.3 is 0 Å². The molecule has 0 aliphatic carbocycles. The second-order valence-corrected chi connectivity index (χ2v) is 8.25. The summed E-state index contributed by atoms with van der Waals surface area (Å²) in [6, 6.07) is 32.2. The van der Waals surface area contributed by atoms with Gasteiger partial charge in [0.15, 0.2) is 0 Å². The average Bonchev–Trinajstić information content (AvgIpc) is 2.70. The van der Waals surface area contributed by atoms with Gasteiger partial charge in [0.1, 0.15) is 0 Å². The molecule has 0 unspecified atom stereocenters. The van der Waals surface area contributed by atoms with E-state index in [1.165, 1.54) is 33.2 Å². The van der Waals surface area contributed by atoms with Crippen molar-refractivity contribution in [2.45, 2.75) is 0 Å². The molecule has 0 N–H and O–H groups in total. The predicted molar refractivity (Wildman–Crippen MR) is 110 cm³/mol. The number of allylic oxidation sites excluding steroid dienone is 2. The van der Waals surface area contributed by atoms with Crippen LogP contribution in [-0.2, 0) is 0 Å². The van der Waals surface area contributed by atoms with E-state index in [-0.39, 0.29) is 7.92 Å². The van der Waals surface area contributed by atoms with E-state index in [0.717, 1.165) is 0 Å². The minimum Gasteiger partial charge on any atom is -0.0622 e. The monoisotopic (exact) mass is 339 g/mol. The summed E-state index contributed by atoms with van der Waals surface area (Å²) in [5.74, 6) is 1.29. The number of hydrogen-bond acceptors (Lipinski definition) is 0. The summed E-state index contributed by atoms with van der Waals surface area (Å²) in [5.41, 5.74) is 3.92. The first kappa shape index (κ1) is 16.1. The molecule has 121 valence electrons. The second kappa shape index (κ2) is 7.21. The van der Waals surface area contributed by atoms with Crippen LogP contribution in [0.3, 0.4) is 0 Å². The minimum atomic E-state index is -0.387. The largest absolute Gasteiger partial charge is 0.0622 e. The lowest BCUT2D eigenvalue weighted by Gasteiger charge is -2.28. The van der Waals surface area contributed by atoms with Gasteiger partial charge in [-0.15, -0.1) is 0 Å². The molecule has 0 saturated heterocycles. The van der Waals surface area contributed by atoms with E-state index in [1.54, 1.807) is 0 Å². The van der Waals surface area contributed by atoms with Crippen molar-refractivity contribution in [1.82, 2.24) is 0 Å². The molecule has 25 heavy (non-hydrogen) atoms. The quantitative estimate of drug-likeness (QED) is 0.459. The van der Waals surface area contributed by atoms with Gasteiger partial charge in [0.2, 0.25) is 0 Å². The zero-order valence-corrected chi connectivity index (χ0v) is 15.2. The maximum absolute atomic E-state index is 2.38. The molecule has 0 saturated carbocycles. The average molecular weight is 339 g/mol. The summed E-state index contributed by atoms with van der Waals surface area (Å²) in [6.45, 7) is 2.37. The highest BCUT2D eigenvalue weighted by Gasteiger charge is 2.24. The fraction of sp³-hybridized carbons (Fsp3) is 0.0417. The molecule has 0 nitrogen and oxygen atoms in total. The lowest BCUT2D eigenvalue weighted by Crippen LogP contribution is -2.01. The van der Waals surface area contributed by atoms with E-state index >= 15 is 0 Å². The summed E-state index contributed by atoms with van der Waals surface area (Å²) in [7, 11) is -0.387. The predicted octanol–water partition coefficient (Wildman–Crippen LogP) is 6.82. The third-order valence-electron chi connectivity index (χ3n) is 4.55. The van der Waals surface area contributed by atoms with Gasteiger partial charge in [0, 0.05) is 5.92 Å². The van der Waals surface area contributed by atoms with Gasteiger partial charge in [-0.05, 0) is 41.9 Å². The van der Waals surface area contributed by atoms with E-state index in [1.807, 2.05) is 0 Å². The molecule has 1 aliphatic rings. The molecule has 1 radical (unpaired) electrons. The van der Waals surface area contributed by atoms with Gasteiger partial charge >= 0.3 is 0 Å². The SMILES string of the molecule is CP1C(c2ccccc2)=C[C](c2ccccc2)C=C1c1ccccc1. The zero-order chi connectivity index (χ0) is 17.1. The summed E-state index contributed by atoms with van der Waals surface area (Å²) >= 11 is 0. The molecule has 4 rings (SSSR count). The first-order valence-corrected chi connectivity index (χ1v) is 10.3. The van der Waals surface area contributed by atoms with Crippen molar-refractivity contribution >= 4 is 18.5 Å². The van der Waals surface area contributed by atoms with Crippen molar-refractivity contribution in [3.8, 4) is 0 Å². The fourth-order valence-corrected chi connectivity index (χ4v) is 5.23. The van der Waals surface area contributed by atoms with Gasteiger partial charge in [-0.25, -0.2) is 0 Å². The Morgan fingerprint density at radius 1 is 0.480 bits per heavy atom. The molecular weight excluding hydrogens is 319 g/mol. The molecule has 0 fully saturated rings. The van der Waals surface area contributed by atoms with E-state index in [2.05, 4.69) is 110 Å². The summed E-state index contributed by atoms with van der Waals surface area (Å²) < 4.78 is 0. The third-order valence-corrected chi connectivity index (χ3v) is 6.77.